The van der Waals surface area contributed by atoms with E-state index < -0.39 is 0 Å². The molecular formula is C14H22N2O2S. The number of aromatic nitrogens is 1. The van der Waals surface area contributed by atoms with E-state index in [1.807, 2.05) is 18.0 Å². The normalized spacial score (nSPS) is 18.6. The molecule has 0 radical (unpaired) electrons. The summed E-state index contributed by atoms with van der Waals surface area (Å²) in [6, 6.07) is 0. The van der Waals surface area contributed by atoms with Gasteiger partial charge in [0.05, 0.1) is 5.01 Å². The number of likely N-dealkylation sites (tertiary alicyclic amines) is 1. The molecule has 0 bridgehead atoms. The van der Waals surface area contributed by atoms with Gasteiger partial charge in [-0.2, -0.15) is 0 Å². The van der Waals surface area contributed by atoms with Gasteiger partial charge < -0.3 is 9.64 Å². The summed E-state index contributed by atoms with van der Waals surface area (Å²) < 4.78 is 5.19. The number of carbonyl (C=O) groups excluding carboxylic acids is 1. The second-order valence-corrected chi connectivity index (χ2v) is 6.59. The molecule has 0 atom stereocenters. The average Bonchev–Trinajstić information content (AvgIpc) is 2.84. The minimum Gasteiger partial charge on any atom is -0.372 e. The lowest BCUT2D eigenvalue weighted by Gasteiger charge is -2.38. The van der Waals surface area contributed by atoms with Crippen LogP contribution in [-0.2, 0) is 14.9 Å². The smallest absolute Gasteiger partial charge is 0.248 e. The zero-order valence-electron chi connectivity index (χ0n) is 11.9. The van der Waals surface area contributed by atoms with Gasteiger partial charge in [-0.1, -0.05) is 6.92 Å². The zero-order chi connectivity index (χ0) is 13.9. The molecule has 2 heterocycles. The fourth-order valence-corrected chi connectivity index (χ4v) is 3.34. The molecule has 0 spiro atoms. The molecule has 1 aromatic rings. The first-order valence-corrected chi connectivity index (χ1v) is 7.65. The van der Waals surface area contributed by atoms with Crippen molar-refractivity contribution in [1.82, 2.24) is 9.88 Å². The molecule has 0 unspecified atom stereocenters. The van der Waals surface area contributed by atoms with Crippen LogP contribution in [0.5, 0.6) is 0 Å². The number of ether oxygens (including phenoxy) is 1. The topological polar surface area (TPSA) is 42.4 Å². The predicted molar refractivity (Wildman–Crippen MR) is 76.5 cm³/mol. The molecule has 0 aliphatic carbocycles. The average molecular weight is 282 g/mol. The van der Waals surface area contributed by atoms with Crippen LogP contribution in [0.3, 0.4) is 0 Å². The molecule has 1 saturated heterocycles. The molecule has 19 heavy (non-hydrogen) atoms. The second kappa shape index (κ2) is 6.01. The Bertz CT molecular complexity index is 436. The maximum absolute atomic E-state index is 11.9. The van der Waals surface area contributed by atoms with Crippen LogP contribution in [-0.4, -0.2) is 42.1 Å². The summed E-state index contributed by atoms with van der Waals surface area (Å²) in [7, 11) is 0. The standard InChI is InChI=1S/C14H22N2O2S/c1-4-18-10-12(17)16-7-5-14(3,6-8-16)13-15-9-11(2)19-13/h9H,4-8,10H2,1-3H3. The van der Waals surface area contributed by atoms with E-state index in [4.69, 9.17) is 4.74 Å². The van der Waals surface area contributed by atoms with Crippen LogP contribution >= 0.6 is 11.3 Å². The van der Waals surface area contributed by atoms with Crippen molar-refractivity contribution >= 4 is 17.2 Å². The summed E-state index contributed by atoms with van der Waals surface area (Å²) in [6.07, 6.45) is 3.91. The molecule has 106 valence electrons. The highest BCUT2D eigenvalue weighted by atomic mass is 32.1. The monoisotopic (exact) mass is 282 g/mol. The molecule has 1 amide bonds. The van der Waals surface area contributed by atoms with E-state index in [0.717, 1.165) is 25.9 Å². The van der Waals surface area contributed by atoms with E-state index in [-0.39, 0.29) is 17.9 Å². The number of hydrogen-bond acceptors (Lipinski definition) is 4. The Morgan fingerprint density at radius 3 is 2.74 bits per heavy atom. The van der Waals surface area contributed by atoms with E-state index in [1.54, 1.807) is 11.3 Å². The van der Waals surface area contributed by atoms with Gasteiger partial charge in [0.15, 0.2) is 0 Å². The van der Waals surface area contributed by atoms with E-state index in [0.29, 0.717) is 6.61 Å². The predicted octanol–water partition coefficient (Wildman–Crippen LogP) is 2.37. The Kier molecular flexibility index (Phi) is 4.58. The molecular weight excluding hydrogens is 260 g/mol. The van der Waals surface area contributed by atoms with Crippen molar-refractivity contribution in [2.24, 2.45) is 0 Å². The van der Waals surface area contributed by atoms with Crippen molar-refractivity contribution in [3.8, 4) is 0 Å². The molecule has 0 aromatic carbocycles. The van der Waals surface area contributed by atoms with Crippen LogP contribution in [0.2, 0.25) is 0 Å². The second-order valence-electron chi connectivity index (χ2n) is 5.35. The third-order valence-corrected chi connectivity index (χ3v) is 5.01. The van der Waals surface area contributed by atoms with Crippen LogP contribution in [0.15, 0.2) is 6.20 Å². The SMILES string of the molecule is CCOCC(=O)N1CCC(C)(c2ncc(C)s2)CC1. The van der Waals surface area contributed by atoms with Crippen LogP contribution in [0.4, 0.5) is 0 Å². The highest BCUT2D eigenvalue weighted by Crippen LogP contribution is 2.37. The molecule has 1 aromatic heterocycles. The lowest BCUT2D eigenvalue weighted by molar-refractivity contribution is -0.137. The van der Waals surface area contributed by atoms with E-state index in [9.17, 15) is 4.79 Å². The Hall–Kier alpha value is -0.940. The van der Waals surface area contributed by atoms with Crippen molar-refractivity contribution < 1.29 is 9.53 Å². The summed E-state index contributed by atoms with van der Waals surface area (Å²) in [4.78, 5) is 19.6. The van der Waals surface area contributed by atoms with E-state index in [1.165, 1.54) is 9.88 Å². The minimum absolute atomic E-state index is 0.110. The third kappa shape index (κ3) is 3.34. The Labute approximate surface area is 118 Å². The molecule has 1 fully saturated rings. The highest BCUT2D eigenvalue weighted by Gasteiger charge is 2.35. The number of thiazole rings is 1. The number of piperidine rings is 1. The van der Waals surface area contributed by atoms with Crippen LogP contribution < -0.4 is 0 Å². The summed E-state index contributed by atoms with van der Waals surface area (Å²) in [5, 5.41) is 1.21. The highest BCUT2D eigenvalue weighted by molar-refractivity contribution is 7.11. The Morgan fingerprint density at radius 2 is 2.21 bits per heavy atom. The number of carbonyl (C=O) groups is 1. The lowest BCUT2D eigenvalue weighted by Crippen LogP contribution is -2.45. The van der Waals surface area contributed by atoms with E-state index in [2.05, 4.69) is 18.8 Å². The summed E-state index contributed by atoms with van der Waals surface area (Å²) in [6.45, 7) is 8.67. The van der Waals surface area contributed by atoms with Crippen LogP contribution in [0.25, 0.3) is 0 Å². The van der Waals surface area contributed by atoms with Gasteiger partial charge in [-0.25, -0.2) is 4.98 Å². The molecule has 5 heteroatoms. The minimum atomic E-state index is 0.110. The summed E-state index contributed by atoms with van der Waals surface area (Å²) >= 11 is 1.78. The fourth-order valence-electron chi connectivity index (χ4n) is 2.38. The van der Waals surface area contributed by atoms with E-state index >= 15 is 0 Å². The van der Waals surface area contributed by atoms with Gasteiger partial charge in [0, 0.05) is 36.2 Å². The van der Waals surface area contributed by atoms with Gasteiger partial charge in [0.25, 0.3) is 0 Å². The molecule has 1 aliphatic heterocycles. The molecule has 0 N–H and O–H groups in total. The molecule has 0 saturated carbocycles. The first-order valence-electron chi connectivity index (χ1n) is 6.83. The zero-order valence-corrected chi connectivity index (χ0v) is 12.8. The first-order chi connectivity index (χ1) is 9.05. The van der Waals surface area contributed by atoms with Crippen molar-refractivity contribution in [3.63, 3.8) is 0 Å². The quantitative estimate of drug-likeness (QED) is 0.851. The molecule has 2 rings (SSSR count). The van der Waals surface area contributed by atoms with Crippen molar-refractivity contribution in [3.05, 3.63) is 16.1 Å². The van der Waals surface area contributed by atoms with Crippen molar-refractivity contribution in [2.45, 2.75) is 39.0 Å². The molecule has 1 aliphatic rings. The Morgan fingerprint density at radius 1 is 1.53 bits per heavy atom. The lowest BCUT2D eigenvalue weighted by atomic mass is 9.81. The van der Waals surface area contributed by atoms with Crippen molar-refractivity contribution in [1.29, 1.82) is 0 Å². The molecule has 4 nitrogen and oxygen atoms in total. The van der Waals surface area contributed by atoms with Crippen LogP contribution in [0, 0.1) is 6.92 Å². The maximum atomic E-state index is 11.9. The van der Waals surface area contributed by atoms with Crippen molar-refractivity contribution in [2.75, 3.05) is 26.3 Å². The third-order valence-electron chi connectivity index (χ3n) is 3.79. The first kappa shape index (κ1) is 14.5. The number of amides is 1. The van der Waals surface area contributed by atoms with Gasteiger partial charge in [0.1, 0.15) is 6.61 Å². The van der Waals surface area contributed by atoms with Crippen LogP contribution in [0.1, 0.15) is 36.6 Å². The summed E-state index contributed by atoms with van der Waals surface area (Å²) in [5.74, 6) is 0.110. The van der Waals surface area contributed by atoms with Gasteiger partial charge in [-0.3, -0.25) is 4.79 Å². The maximum Gasteiger partial charge on any atom is 0.248 e. The number of nitrogens with zero attached hydrogens (tertiary/aromatic N) is 2. The number of aryl methyl sites for hydroxylation is 1. The van der Waals surface area contributed by atoms with Gasteiger partial charge in [0.2, 0.25) is 5.91 Å². The summed E-state index contributed by atoms with van der Waals surface area (Å²) in [5.41, 5.74) is 0.126. The number of hydrogen-bond donors (Lipinski definition) is 0. The largest absolute Gasteiger partial charge is 0.372 e. The number of rotatable bonds is 4. The van der Waals surface area contributed by atoms with Gasteiger partial charge in [-0.15, -0.1) is 11.3 Å². The van der Waals surface area contributed by atoms with Gasteiger partial charge in [-0.05, 0) is 26.7 Å². The fraction of sp³-hybridized carbons (Fsp3) is 0.714. The van der Waals surface area contributed by atoms with Gasteiger partial charge >= 0.3 is 0 Å². The Balaban J connectivity index is 1.93.